The first-order valence-electron chi connectivity index (χ1n) is 6.10. The zero-order chi connectivity index (χ0) is 9.80. The average Bonchev–Trinajstić information content (AvgIpc) is 2.71. The predicted octanol–water partition coefficient (Wildman–Crippen LogP) is 3.94. The molecule has 1 nitrogen and oxygen atoms in total. The van der Waals surface area contributed by atoms with E-state index in [1.807, 2.05) is 0 Å². The minimum absolute atomic E-state index is 0.566. The van der Waals surface area contributed by atoms with E-state index in [-0.39, 0.29) is 0 Å². The van der Waals surface area contributed by atoms with Crippen molar-refractivity contribution in [3.05, 3.63) is 0 Å². The Morgan fingerprint density at radius 3 is 2.36 bits per heavy atom. The fraction of sp³-hybridized carbons (Fsp3) is 1.00. The standard InChI is InChI=1S/C12H21IO/c13-9-12-7-3-6-11(14-12)8-10-4-1-2-5-10/h10-12H,1-9H2. The number of hydrogen-bond acceptors (Lipinski definition) is 1. The lowest BCUT2D eigenvalue weighted by Crippen LogP contribution is -2.29. The molecule has 2 heteroatoms. The Bertz CT molecular complexity index is 166. The van der Waals surface area contributed by atoms with E-state index in [1.54, 1.807) is 0 Å². The summed E-state index contributed by atoms with van der Waals surface area (Å²) in [6.07, 6.45) is 12.4. The predicted molar refractivity (Wildman–Crippen MR) is 68.0 cm³/mol. The van der Waals surface area contributed by atoms with Gasteiger partial charge in [-0.1, -0.05) is 48.3 Å². The molecule has 0 radical (unpaired) electrons. The lowest BCUT2D eigenvalue weighted by molar-refractivity contribution is -0.0462. The summed E-state index contributed by atoms with van der Waals surface area (Å²) in [5.41, 5.74) is 0. The van der Waals surface area contributed by atoms with Crippen molar-refractivity contribution >= 4 is 22.6 Å². The molecular formula is C12H21IO. The molecule has 1 saturated heterocycles. The summed E-state index contributed by atoms with van der Waals surface area (Å²) in [5.74, 6) is 0.993. The zero-order valence-electron chi connectivity index (χ0n) is 8.88. The van der Waals surface area contributed by atoms with Gasteiger partial charge >= 0.3 is 0 Å². The van der Waals surface area contributed by atoms with Gasteiger partial charge in [0.2, 0.25) is 0 Å². The third-order valence-corrected chi connectivity index (χ3v) is 4.66. The molecule has 1 aliphatic heterocycles. The molecule has 1 saturated carbocycles. The molecule has 1 heterocycles. The van der Waals surface area contributed by atoms with Gasteiger partial charge in [-0.3, -0.25) is 0 Å². The van der Waals surface area contributed by atoms with Crippen molar-refractivity contribution in [2.24, 2.45) is 5.92 Å². The Labute approximate surface area is 101 Å². The van der Waals surface area contributed by atoms with Gasteiger partial charge in [0.1, 0.15) is 0 Å². The topological polar surface area (TPSA) is 9.23 Å². The van der Waals surface area contributed by atoms with Gasteiger partial charge in [-0.2, -0.15) is 0 Å². The van der Waals surface area contributed by atoms with Crippen LogP contribution in [0.2, 0.25) is 0 Å². The maximum atomic E-state index is 6.09. The van der Waals surface area contributed by atoms with Crippen molar-refractivity contribution < 1.29 is 4.74 Å². The van der Waals surface area contributed by atoms with E-state index in [1.165, 1.54) is 55.8 Å². The van der Waals surface area contributed by atoms with Crippen molar-refractivity contribution in [1.82, 2.24) is 0 Å². The maximum absolute atomic E-state index is 6.09. The summed E-state index contributed by atoms with van der Waals surface area (Å²) in [4.78, 5) is 0. The van der Waals surface area contributed by atoms with Gasteiger partial charge < -0.3 is 4.74 Å². The first-order valence-corrected chi connectivity index (χ1v) is 7.62. The van der Waals surface area contributed by atoms with Gasteiger partial charge in [-0.05, 0) is 31.6 Å². The van der Waals surface area contributed by atoms with Crippen molar-refractivity contribution in [3.63, 3.8) is 0 Å². The largest absolute Gasteiger partial charge is 0.374 e. The van der Waals surface area contributed by atoms with Crippen LogP contribution in [0.25, 0.3) is 0 Å². The summed E-state index contributed by atoms with van der Waals surface area (Å²) in [6, 6.07) is 0. The number of alkyl halides is 1. The quantitative estimate of drug-likeness (QED) is 0.567. The van der Waals surface area contributed by atoms with E-state index in [9.17, 15) is 0 Å². The Morgan fingerprint density at radius 2 is 1.64 bits per heavy atom. The van der Waals surface area contributed by atoms with Gasteiger partial charge in [0.25, 0.3) is 0 Å². The summed E-state index contributed by atoms with van der Waals surface area (Å²) in [6.45, 7) is 0. The van der Waals surface area contributed by atoms with Crippen LogP contribution < -0.4 is 0 Å². The van der Waals surface area contributed by atoms with Crippen LogP contribution in [0, 0.1) is 5.92 Å². The van der Waals surface area contributed by atoms with Crippen LogP contribution in [0.15, 0.2) is 0 Å². The Morgan fingerprint density at radius 1 is 0.929 bits per heavy atom. The summed E-state index contributed by atoms with van der Waals surface area (Å²) in [5, 5.41) is 0. The maximum Gasteiger partial charge on any atom is 0.0668 e. The van der Waals surface area contributed by atoms with Gasteiger partial charge in [0.05, 0.1) is 12.2 Å². The zero-order valence-corrected chi connectivity index (χ0v) is 11.0. The van der Waals surface area contributed by atoms with Crippen LogP contribution in [0.5, 0.6) is 0 Å². The fourth-order valence-corrected chi connectivity index (χ4v) is 3.53. The van der Waals surface area contributed by atoms with Crippen LogP contribution in [-0.4, -0.2) is 16.6 Å². The average molecular weight is 308 g/mol. The second-order valence-corrected chi connectivity index (χ2v) is 5.73. The summed E-state index contributed by atoms with van der Waals surface area (Å²) < 4.78 is 7.27. The van der Waals surface area contributed by atoms with Gasteiger partial charge in [0.15, 0.2) is 0 Å². The molecule has 1 aliphatic carbocycles. The first-order chi connectivity index (χ1) is 6.88. The van der Waals surface area contributed by atoms with Crippen LogP contribution in [0.3, 0.4) is 0 Å². The molecule has 2 fully saturated rings. The molecule has 2 rings (SSSR count). The number of halogens is 1. The molecule has 82 valence electrons. The molecule has 0 bridgehead atoms. The molecule has 0 N–H and O–H groups in total. The van der Waals surface area contributed by atoms with Crippen molar-refractivity contribution in [2.45, 2.75) is 63.6 Å². The van der Waals surface area contributed by atoms with E-state index in [0.29, 0.717) is 12.2 Å². The molecule has 14 heavy (non-hydrogen) atoms. The third kappa shape index (κ3) is 3.09. The monoisotopic (exact) mass is 308 g/mol. The minimum atomic E-state index is 0.566. The first kappa shape index (κ1) is 11.2. The van der Waals surface area contributed by atoms with Crippen LogP contribution >= 0.6 is 22.6 Å². The van der Waals surface area contributed by atoms with Crippen LogP contribution in [0.1, 0.15) is 51.4 Å². The van der Waals surface area contributed by atoms with Crippen LogP contribution in [-0.2, 0) is 4.74 Å². The Kier molecular flexibility index (Phi) is 4.54. The highest BCUT2D eigenvalue weighted by atomic mass is 127. The van der Waals surface area contributed by atoms with Gasteiger partial charge in [-0.15, -0.1) is 0 Å². The van der Waals surface area contributed by atoms with E-state index in [2.05, 4.69) is 22.6 Å². The highest BCUT2D eigenvalue weighted by molar-refractivity contribution is 14.1. The second kappa shape index (κ2) is 5.69. The molecule has 0 aromatic carbocycles. The molecule has 2 atom stereocenters. The number of rotatable bonds is 3. The third-order valence-electron chi connectivity index (χ3n) is 3.68. The number of hydrogen-bond donors (Lipinski definition) is 0. The SMILES string of the molecule is ICC1CCCC(CC2CCCC2)O1. The molecule has 0 spiro atoms. The van der Waals surface area contributed by atoms with E-state index < -0.39 is 0 Å². The van der Waals surface area contributed by atoms with Crippen molar-refractivity contribution in [1.29, 1.82) is 0 Å². The van der Waals surface area contributed by atoms with Crippen molar-refractivity contribution in [2.75, 3.05) is 4.43 Å². The highest BCUT2D eigenvalue weighted by Crippen LogP contribution is 2.32. The molecule has 2 unspecified atom stereocenters. The molecule has 0 amide bonds. The Hall–Kier alpha value is 0.690. The molecule has 0 aromatic heterocycles. The van der Waals surface area contributed by atoms with E-state index >= 15 is 0 Å². The second-order valence-electron chi connectivity index (χ2n) is 4.85. The lowest BCUT2D eigenvalue weighted by Gasteiger charge is -2.30. The lowest BCUT2D eigenvalue weighted by atomic mass is 9.94. The molecular weight excluding hydrogens is 287 g/mol. The summed E-state index contributed by atoms with van der Waals surface area (Å²) in [7, 11) is 0. The molecule has 2 aliphatic rings. The normalized spacial score (nSPS) is 34.9. The van der Waals surface area contributed by atoms with E-state index in [0.717, 1.165) is 5.92 Å². The van der Waals surface area contributed by atoms with Crippen molar-refractivity contribution in [3.8, 4) is 0 Å². The number of ether oxygens (including phenoxy) is 1. The smallest absolute Gasteiger partial charge is 0.0668 e. The highest BCUT2D eigenvalue weighted by Gasteiger charge is 2.25. The van der Waals surface area contributed by atoms with Gasteiger partial charge in [-0.25, -0.2) is 0 Å². The summed E-state index contributed by atoms with van der Waals surface area (Å²) >= 11 is 2.46. The minimum Gasteiger partial charge on any atom is -0.374 e. The van der Waals surface area contributed by atoms with E-state index in [4.69, 9.17) is 4.74 Å². The fourth-order valence-electron chi connectivity index (χ4n) is 2.89. The van der Waals surface area contributed by atoms with Crippen LogP contribution in [0.4, 0.5) is 0 Å². The molecule has 0 aromatic rings. The Balaban J connectivity index is 1.73. The van der Waals surface area contributed by atoms with Gasteiger partial charge in [0, 0.05) is 4.43 Å².